The van der Waals surface area contributed by atoms with Crippen LogP contribution in [0.15, 0.2) is 0 Å². The molecule has 15 heavy (non-hydrogen) atoms. The second-order valence-electron chi connectivity index (χ2n) is 3.05. The van der Waals surface area contributed by atoms with Crippen LogP contribution in [-0.4, -0.2) is 51.5 Å². The van der Waals surface area contributed by atoms with Crippen LogP contribution in [-0.2, 0) is 14.3 Å². The second kappa shape index (κ2) is 8.91. The molecule has 0 aliphatic carbocycles. The summed E-state index contributed by atoms with van der Waals surface area (Å²) >= 11 is 0. The van der Waals surface area contributed by atoms with E-state index in [-0.39, 0.29) is 24.4 Å². The van der Waals surface area contributed by atoms with Crippen molar-refractivity contribution in [2.24, 2.45) is 0 Å². The van der Waals surface area contributed by atoms with Crippen molar-refractivity contribution in [2.75, 3.05) is 39.5 Å². The van der Waals surface area contributed by atoms with Gasteiger partial charge in [0.2, 0.25) is 0 Å². The molecule has 6 heteroatoms. The van der Waals surface area contributed by atoms with Gasteiger partial charge in [-0.1, -0.05) is 0 Å². The molecule has 0 aromatic rings. The average Bonchev–Trinajstić information content (AvgIpc) is 2.25. The summed E-state index contributed by atoms with van der Waals surface area (Å²) in [5.41, 5.74) is 0. The molecular formula is C9H19ClN2O3. The molecule has 1 heterocycles. The minimum absolute atomic E-state index is 0. The first-order valence-electron chi connectivity index (χ1n) is 5.02. The molecule has 1 amide bonds. The van der Waals surface area contributed by atoms with Crippen LogP contribution < -0.4 is 10.6 Å². The summed E-state index contributed by atoms with van der Waals surface area (Å²) in [4.78, 5) is 11.4. The first kappa shape index (κ1) is 14.6. The van der Waals surface area contributed by atoms with Crippen molar-refractivity contribution < 1.29 is 14.3 Å². The molecule has 2 N–H and O–H groups in total. The standard InChI is InChI=1S/C9H18N2O3.ClH/c1-2-13-5-4-11-9(12)8-7-10-3-6-14-8;/h8,10H,2-7H2,1H3,(H,11,12);1H/t8-;/m0./s1. The Kier molecular flexibility index (Phi) is 8.70. The van der Waals surface area contributed by atoms with E-state index in [0.717, 1.165) is 6.54 Å². The van der Waals surface area contributed by atoms with Crippen LogP contribution in [0.25, 0.3) is 0 Å². The first-order chi connectivity index (χ1) is 6.84. The molecule has 1 aliphatic heterocycles. The maximum absolute atomic E-state index is 11.4. The summed E-state index contributed by atoms with van der Waals surface area (Å²) in [5, 5.41) is 5.86. The van der Waals surface area contributed by atoms with Crippen LogP contribution >= 0.6 is 12.4 Å². The van der Waals surface area contributed by atoms with E-state index in [9.17, 15) is 4.79 Å². The largest absolute Gasteiger partial charge is 0.380 e. The minimum atomic E-state index is -0.342. The Morgan fingerprint density at radius 3 is 3.07 bits per heavy atom. The highest BCUT2D eigenvalue weighted by molar-refractivity contribution is 5.85. The maximum atomic E-state index is 11.4. The number of hydrogen-bond donors (Lipinski definition) is 2. The maximum Gasteiger partial charge on any atom is 0.250 e. The van der Waals surface area contributed by atoms with Crippen LogP contribution in [0.1, 0.15) is 6.92 Å². The molecule has 1 aliphatic rings. The number of morpholine rings is 1. The third-order valence-electron chi connectivity index (χ3n) is 1.97. The SMILES string of the molecule is CCOCCNC(=O)[C@@H]1CNCCO1.Cl. The van der Waals surface area contributed by atoms with Gasteiger partial charge in [-0.15, -0.1) is 12.4 Å². The van der Waals surface area contributed by atoms with E-state index < -0.39 is 0 Å². The lowest BCUT2D eigenvalue weighted by atomic mass is 10.3. The van der Waals surface area contributed by atoms with E-state index in [2.05, 4.69) is 10.6 Å². The Balaban J connectivity index is 0.00000196. The van der Waals surface area contributed by atoms with Gasteiger partial charge in [0.1, 0.15) is 6.10 Å². The molecule has 0 aromatic heterocycles. The number of nitrogens with one attached hydrogen (secondary N) is 2. The zero-order chi connectivity index (χ0) is 10.2. The fourth-order valence-electron chi connectivity index (χ4n) is 1.24. The number of ether oxygens (including phenoxy) is 2. The summed E-state index contributed by atoms with van der Waals surface area (Å²) in [7, 11) is 0. The number of amides is 1. The molecule has 0 saturated carbocycles. The topological polar surface area (TPSA) is 59.6 Å². The molecule has 5 nitrogen and oxygen atoms in total. The molecular weight excluding hydrogens is 220 g/mol. The van der Waals surface area contributed by atoms with Gasteiger partial charge in [0.15, 0.2) is 0 Å². The predicted molar refractivity (Wildman–Crippen MR) is 59.4 cm³/mol. The van der Waals surface area contributed by atoms with Crippen molar-refractivity contribution in [1.82, 2.24) is 10.6 Å². The van der Waals surface area contributed by atoms with Gasteiger partial charge in [0.25, 0.3) is 5.91 Å². The number of carbonyl (C=O) groups excluding carboxylic acids is 1. The van der Waals surface area contributed by atoms with Gasteiger partial charge < -0.3 is 20.1 Å². The van der Waals surface area contributed by atoms with Gasteiger partial charge >= 0.3 is 0 Å². The van der Waals surface area contributed by atoms with Crippen LogP contribution in [0, 0.1) is 0 Å². The lowest BCUT2D eigenvalue weighted by Crippen LogP contribution is -2.48. The smallest absolute Gasteiger partial charge is 0.250 e. The Hall–Kier alpha value is -0.360. The van der Waals surface area contributed by atoms with E-state index in [1.54, 1.807) is 0 Å². The first-order valence-corrected chi connectivity index (χ1v) is 5.02. The highest BCUT2D eigenvalue weighted by atomic mass is 35.5. The molecule has 0 spiro atoms. The second-order valence-corrected chi connectivity index (χ2v) is 3.05. The van der Waals surface area contributed by atoms with Crippen molar-refractivity contribution in [3.8, 4) is 0 Å². The van der Waals surface area contributed by atoms with Crippen molar-refractivity contribution in [2.45, 2.75) is 13.0 Å². The molecule has 0 bridgehead atoms. The summed E-state index contributed by atoms with van der Waals surface area (Å²) in [5.74, 6) is -0.0584. The Labute approximate surface area is 96.3 Å². The van der Waals surface area contributed by atoms with E-state index in [1.165, 1.54) is 0 Å². The zero-order valence-corrected chi connectivity index (χ0v) is 9.77. The Morgan fingerprint density at radius 2 is 2.47 bits per heavy atom. The van der Waals surface area contributed by atoms with Crippen LogP contribution in [0.2, 0.25) is 0 Å². The number of rotatable bonds is 5. The van der Waals surface area contributed by atoms with E-state index >= 15 is 0 Å². The van der Waals surface area contributed by atoms with Gasteiger partial charge in [-0.25, -0.2) is 0 Å². The fourth-order valence-corrected chi connectivity index (χ4v) is 1.24. The van der Waals surface area contributed by atoms with Crippen molar-refractivity contribution in [3.63, 3.8) is 0 Å². The summed E-state index contributed by atoms with van der Waals surface area (Å²) in [6.45, 7) is 5.73. The Morgan fingerprint density at radius 1 is 1.67 bits per heavy atom. The van der Waals surface area contributed by atoms with E-state index in [0.29, 0.717) is 32.9 Å². The van der Waals surface area contributed by atoms with Crippen molar-refractivity contribution in [3.05, 3.63) is 0 Å². The lowest BCUT2D eigenvalue weighted by molar-refractivity contribution is -0.134. The number of hydrogen-bond acceptors (Lipinski definition) is 4. The minimum Gasteiger partial charge on any atom is -0.380 e. The zero-order valence-electron chi connectivity index (χ0n) is 8.95. The van der Waals surface area contributed by atoms with Crippen molar-refractivity contribution in [1.29, 1.82) is 0 Å². The molecule has 0 radical (unpaired) electrons. The quantitative estimate of drug-likeness (QED) is 0.637. The predicted octanol–water partition coefficient (Wildman–Crippen LogP) is -0.451. The highest BCUT2D eigenvalue weighted by Gasteiger charge is 2.20. The third kappa shape index (κ3) is 5.94. The van der Waals surface area contributed by atoms with Crippen LogP contribution in [0.5, 0.6) is 0 Å². The fraction of sp³-hybridized carbons (Fsp3) is 0.889. The van der Waals surface area contributed by atoms with Crippen LogP contribution in [0.3, 0.4) is 0 Å². The van der Waals surface area contributed by atoms with Gasteiger partial charge in [0, 0.05) is 26.2 Å². The monoisotopic (exact) mass is 238 g/mol. The number of carbonyl (C=O) groups is 1. The van der Waals surface area contributed by atoms with Gasteiger partial charge in [-0.2, -0.15) is 0 Å². The molecule has 1 rings (SSSR count). The number of halogens is 1. The summed E-state index contributed by atoms with van der Waals surface area (Å²) in [6.07, 6.45) is -0.342. The molecule has 0 unspecified atom stereocenters. The normalized spacial score (nSPS) is 20.5. The van der Waals surface area contributed by atoms with E-state index in [4.69, 9.17) is 9.47 Å². The molecule has 0 aromatic carbocycles. The van der Waals surface area contributed by atoms with Crippen LogP contribution in [0.4, 0.5) is 0 Å². The average molecular weight is 239 g/mol. The summed E-state index contributed by atoms with van der Waals surface area (Å²) in [6, 6.07) is 0. The Bertz CT molecular complexity index is 175. The summed E-state index contributed by atoms with van der Waals surface area (Å²) < 4.78 is 10.4. The highest BCUT2D eigenvalue weighted by Crippen LogP contribution is 1.95. The molecule has 1 saturated heterocycles. The van der Waals surface area contributed by atoms with Gasteiger partial charge in [0.05, 0.1) is 13.2 Å². The van der Waals surface area contributed by atoms with Gasteiger partial charge in [-0.3, -0.25) is 4.79 Å². The van der Waals surface area contributed by atoms with Crippen molar-refractivity contribution >= 4 is 18.3 Å². The molecule has 1 atom stereocenters. The molecule has 90 valence electrons. The third-order valence-corrected chi connectivity index (χ3v) is 1.97. The van der Waals surface area contributed by atoms with Gasteiger partial charge in [-0.05, 0) is 6.92 Å². The molecule has 1 fully saturated rings. The lowest BCUT2D eigenvalue weighted by Gasteiger charge is -2.22. The van der Waals surface area contributed by atoms with E-state index in [1.807, 2.05) is 6.92 Å².